The van der Waals surface area contributed by atoms with Gasteiger partial charge in [-0.25, -0.2) is 4.79 Å². The fraction of sp³-hybridized carbons (Fsp3) is 0.909. The molecule has 0 aromatic rings. The van der Waals surface area contributed by atoms with E-state index in [0.717, 1.165) is 19.3 Å². The summed E-state index contributed by atoms with van der Waals surface area (Å²) < 4.78 is 10.2. The van der Waals surface area contributed by atoms with Crippen LogP contribution in [0.2, 0.25) is 0 Å². The van der Waals surface area contributed by atoms with Crippen LogP contribution in [-0.4, -0.2) is 24.8 Å². The lowest BCUT2D eigenvalue weighted by Gasteiger charge is -2.01. The predicted molar refractivity (Wildman–Crippen MR) is 54.1 cm³/mol. The van der Waals surface area contributed by atoms with Crippen LogP contribution >= 0.6 is 0 Å². The SMILES string of the molecule is CCCCCCOC(=O)C1OC1CC. The normalized spacial score (nSPS) is 24.7. The Morgan fingerprint density at radius 2 is 2.07 bits per heavy atom. The topological polar surface area (TPSA) is 38.8 Å². The van der Waals surface area contributed by atoms with Crippen molar-refractivity contribution in [1.82, 2.24) is 0 Å². The van der Waals surface area contributed by atoms with Crippen molar-refractivity contribution in [2.45, 2.75) is 58.2 Å². The molecule has 2 atom stereocenters. The molecule has 1 aliphatic rings. The molecule has 3 nitrogen and oxygen atoms in total. The Balaban J connectivity index is 1.94. The van der Waals surface area contributed by atoms with E-state index in [2.05, 4.69) is 6.92 Å². The molecule has 0 aromatic carbocycles. The minimum Gasteiger partial charge on any atom is -0.464 e. The summed E-state index contributed by atoms with van der Waals surface area (Å²) in [4.78, 5) is 11.3. The van der Waals surface area contributed by atoms with E-state index in [0.29, 0.717) is 6.61 Å². The third-order valence-electron chi connectivity index (χ3n) is 2.46. The molecule has 0 aliphatic carbocycles. The Hall–Kier alpha value is -0.570. The smallest absolute Gasteiger partial charge is 0.338 e. The highest BCUT2D eigenvalue weighted by Crippen LogP contribution is 2.25. The van der Waals surface area contributed by atoms with Gasteiger partial charge in [-0.1, -0.05) is 33.1 Å². The van der Waals surface area contributed by atoms with Gasteiger partial charge in [-0.15, -0.1) is 0 Å². The second-order valence-electron chi connectivity index (χ2n) is 3.73. The van der Waals surface area contributed by atoms with Gasteiger partial charge in [0.15, 0.2) is 6.10 Å². The third-order valence-corrected chi connectivity index (χ3v) is 2.46. The van der Waals surface area contributed by atoms with Gasteiger partial charge in [0.2, 0.25) is 0 Å². The lowest BCUT2D eigenvalue weighted by atomic mass is 10.2. The third kappa shape index (κ3) is 3.66. The van der Waals surface area contributed by atoms with E-state index >= 15 is 0 Å². The molecule has 0 bridgehead atoms. The van der Waals surface area contributed by atoms with E-state index in [1.54, 1.807) is 0 Å². The zero-order chi connectivity index (χ0) is 10.4. The molecule has 0 aromatic heterocycles. The van der Waals surface area contributed by atoms with Gasteiger partial charge in [0.25, 0.3) is 0 Å². The number of carbonyl (C=O) groups is 1. The minimum atomic E-state index is -0.258. The van der Waals surface area contributed by atoms with Crippen LogP contribution in [0.15, 0.2) is 0 Å². The molecule has 14 heavy (non-hydrogen) atoms. The molecule has 82 valence electrons. The van der Waals surface area contributed by atoms with Crippen molar-refractivity contribution in [2.75, 3.05) is 6.61 Å². The number of esters is 1. The van der Waals surface area contributed by atoms with Gasteiger partial charge in [-0.05, 0) is 12.8 Å². The van der Waals surface area contributed by atoms with Crippen LogP contribution in [0.4, 0.5) is 0 Å². The van der Waals surface area contributed by atoms with Crippen molar-refractivity contribution in [3.8, 4) is 0 Å². The van der Waals surface area contributed by atoms with Crippen molar-refractivity contribution >= 4 is 5.97 Å². The molecule has 1 rings (SSSR count). The zero-order valence-electron chi connectivity index (χ0n) is 9.12. The van der Waals surface area contributed by atoms with Gasteiger partial charge in [-0.3, -0.25) is 0 Å². The first-order chi connectivity index (χ1) is 6.79. The van der Waals surface area contributed by atoms with Gasteiger partial charge in [-0.2, -0.15) is 0 Å². The summed E-state index contributed by atoms with van der Waals surface area (Å²) in [5.41, 5.74) is 0. The first-order valence-corrected chi connectivity index (χ1v) is 5.61. The number of carbonyl (C=O) groups excluding carboxylic acids is 1. The highest BCUT2D eigenvalue weighted by Gasteiger charge is 2.44. The lowest BCUT2D eigenvalue weighted by Crippen LogP contribution is -2.14. The average Bonchev–Trinajstić information content (AvgIpc) is 2.96. The highest BCUT2D eigenvalue weighted by molar-refractivity contribution is 5.77. The summed E-state index contributed by atoms with van der Waals surface area (Å²) in [5.74, 6) is -0.173. The first-order valence-electron chi connectivity index (χ1n) is 5.61. The summed E-state index contributed by atoms with van der Waals surface area (Å²) in [7, 11) is 0. The Morgan fingerprint density at radius 1 is 1.29 bits per heavy atom. The van der Waals surface area contributed by atoms with Crippen LogP contribution in [-0.2, 0) is 14.3 Å². The van der Waals surface area contributed by atoms with Crippen molar-refractivity contribution in [3.05, 3.63) is 0 Å². The van der Waals surface area contributed by atoms with E-state index in [1.165, 1.54) is 12.8 Å². The molecular weight excluding hydrogens is 180 g/mol. The second-order valence-corrected chi connectivity index (χ2v) is 3.73. The Kier molecular flexibility index (Phi) is 4.94. The monoisotopic (exact) mass is 200 g/mol. The Labute approximate surface area is 85.8 Å². The largest absolute Gasteiger partial charge is 0.464 e. The minimum absolute atomic E-state index is 0.123. The van der Waals surface area contributed by atoms with Crippen LogP contribution < -0.4 is 0 Å². The van der Waals surface area contributed by atoms with E-state index in [9.17, 15) is 4.79 Å². The summed E-state index contributed by atoms with van der Waals surface area (Å²) in [6.45, 7) is 4.73. The number of rotatable bonds is 7. The van der Waals surface area contributed by atoms with Crippen LogP contribution in [0, 0.1) is 0 Å². The van der Waals surface area contributed by atoms with Gasteiger partial charge in [0.1, 0.15) is 0 Å². The number of unbranched alkanes of at least 4 members (excludes halogenated alkanes) is 3. The molecule has 1 saturated heterocycles. The summed E-state index contributed by atoms with van der Waals surface area (Å²) in [5, 5.41) is 0. The summed E-state index contributed by atoms with van der Waals surface area (Å²) in [6.07, 6.45) is 5.31. The van der Waals surface area contributed by atoms with Gasteiger partial charge in [0.05, 0.1) is 12.7 Å². The van der Waals surface area contributed by atoms with E-state index in [1.807, 2.05) is 6.92 Å². The molecule has 2 unspecified atom stereocenters. The Bertz CT molecular complexity index is 179. The average molecular weight is 200 g/mol. The number of hydrogen-bond acceptors (Lipinski definition) is 3. The predicted octanol–water partition coefficient (Wildman–Crippen LogP) is 2.29. The summed E-state index contributed by atoms with van der Waals surface area (Å²) in [6, 6.07) is 0. The van der Waals surface area contributed by atoms with Crippen LogP contribution in [0.1, 0.15) is 46.0 Å². The second kappa shape index (κ2) is 6.02. The number of ether oxygens (including phenoxy) is 2. The molecule has 3 heteroatoms. The first kappa shape index (κ1) is 11.5. The number of hydrogen-bond donors (Lipinski definition) is 0. The summed E-state index contributed by atoms with van der Waals surface area (Å²) >= 11 is 0. The van der Waals surface area contributed by atoms with Gasteiger partial charge >= 0.3 is 5.97 Å². The van der Waals surface area contributed by atoms with Crippen molar-refractivity contribution < 1.29 is 14.3 Å². The van der Waals surface area contributed by atoms with Gasteiger partial charge < -0.3 is 9.47 Å². The molecule has 1 fully saturated rings. The van der Waals surface area contributed by atoms with Crippen LogP contribution in [0.5, 0.6) is 0 Å². The van der Waals surface area contributed by atoms with Crippen molar-refractivity contribution in [1.29, 1.82) is 0 Å². The van der Waals surface area contributed by atoms with Crippen molar-refractivity contribution in [3.63, 3.8) is 0 Å². The molecule has 0 amide bonds. The maximum atomic E-state index is 11.3. The lowest BCUT2D eigenvalue weighted by molar-refractivity contribution is -0.145. The fourth-order valence-electron chi connectivity index (χ4n) is 1.44. The van der Waals surface area contributed by atoms with Crippen LogP contribution in [0.3, 0.4) is 0 Å². The fourth-order valence-corrected chi connectivity index (χ4v) is 1.44. The van der Waals surface area contributed by atoms with E-state index < -0.39 is 0 Å². The van der Waals surface area contributed by atoms with Crippen LogP contribution in [0.25, 0.3) is 0 Å². The maximum Gasteiger partial charge on any atom is 0.338 e. The van der Waals surface area contributed by atoms with E-state index in [4.69, 9.17) is 9.47 Å². The molecule has 0 saturated carbocycles. The molecule has 0 N–H and O–H groups in total. The molecule has 1 aliphatic heterocycles. The highest BCUT2D eigenvalue weighted by atomic mass is 16.6. The molecule has 0 radical (unpaired) electrons. The Morgan fingerprint density at radius 3 is 2.64 bits per heavy atom. The van der Waals surface area contributed by atoms with E-state index in [-0.39, 0.29) is 18.2 Å². The molecular formula is C11H20O3. The van der Waals surface area contributed by atoms with Gasteiger partial charge in [0, 0.05) is 0 Å². The van der Waals surface area contributed by atoms with Crippen molar-refractivity contribution in [2.24, 2.45) is 0 Å². The standard InChI is InChI=1S/C11H20O3/c1-3-5-6-7-8-13-11(12)10-9(4-2)14-10/h9-10H,3-8H2,1-2H3. The zero-order valence-corrected chi connectivity index (χ0v) is 9.12. The number of epoxide rings is 1. The molecule has 0 spiro atoms. The quantitative estimate of drug-likeness (QED) is 0.359. The molecule has 1 heterocycles. The maximum absolute atomic E-state index is 11.3.